The second-order valence-corrected chi connectivity index (χ2v) is 4.25. The molecule has 1 N–H and O–H groups in total. The van der Waals surface area contributed by atoms with Crippen molar-refractivity contribution in [3.05, 3.63) is 12.3 Å². The molecule has 1 aromatic heterocycles. The lowest BCUT2D eigenvalue weighted by molar-refractivity contribution is 0.238. The highest BCUT2D eigenvalue weighted by Gasteiger charge is 2.25. The number of pyridine rings is 1. The monoisotopic (exact) mass is 222 g/mol. The third-order valence-electron chi connectivity index (χ3n) is 2.25. The zero-order chi connectivity index (χ0) is 11.5. The Bertz CT molecular complexity index is 362. The second-order valence-electron chi connectivity index (χ2n) is 4.25. The zero-order valence-electron chi connectivity index (χ0n) is 9.99. The van der Waals surface area contributed by atoms with Crippen molar-refractivity contribution in [2.75, 3.05) is 12.4 Å². The van der Waals surface area contributed by atoms with E-state index in [1.807, 2.05) is 27.0 Å². The molecule has 0 bridgehead atoms. The topological polar surface area (TPSA) is 43.4 Å². The predicted molar refractivity (Wildman–Crippen MR) is 63.2 cm³/mol. The highest BCUT2D eigenvalue weighted by Crippen LogP contribution is 2.33. The van der Waals surface area contributed by atoms with Gasteiger partial charge in [0.2, 0.25) is 0 Å². The van der Waals surface area contributed by atoms with E-state index in [4.69, 9.17) is 9.47 Å². The average Bonchev–Trinajstić information content (AvgIpc) is 3.01. The summed E-state index contributed by atoms with van der Waals surface area (Å²) in [6.45, 7) is 3.99. The van der Waals surface area contributed by atoms with Crippen LogP contribution in [-0.4, -0.2) is 24.2 Å². The Hall–Kier alpha value is -1.45. The first-order chi connectivity index (χ1) is 7.69. The minimum atomic E-state index is 0.149. The Kier molecular flexibility index (Phi) is 3.17. The highest BCUT2D eigenvalue weighted by atomic mass is 16.5. The van der Waals surface area contributed by atoms with E-state index in [-0.39, 0.29) is 6.10 Å². The molecule has 1 aliphatic rings. The zero-order valence-corrected chi connectivity index (χ0v) is 9.99. The van der Waals surface area contributed by atoms with E-state index < -0.39 is 0 Å². The van der Waals surface area contributed by atoms with Gasteiger partial charge in [0.05, 0.1) is 18.4 Å². The van der Waals surface area contributed by atoms with Crippen molar-refractivity contribution < 1.29 is 9.47 Å². The Morgan fingerprint density at radius 2 is 2.19 bits per heavy atom. The number of hydrogen-bond acceptors (Lipinski definition) is 4. The lowest BCUT2D eigenvalue weighted by Gasteiger charge is -2.13. The van der Waals surface area contributed by atoms with E-state index in [1.165, 1.54) is 0 Å². The van der Waals surface area contributed by atoms with Crippen LogP contribution in [0.4, 0.5) is 5.82 Å². The fraction of sp³-hybridized carbons (Fsp3) is 0.583. The van der Waals surface area contributed by atoms with Gasteiger partial charge in [0.25, 0.3) is 0 Å². The van der Waals surface area contributed by atoms with Gasteiger partial charge in [0.1, 0.15) is 5.75 Å². The van der Waals surface area contributed by atoms with Crippen LogP contribution >= 0.6 is 0 Å². The molecular formula is C12H18N2O2. The SMILES string of the molecule is CNc1ncc(OC(C)C)cc1OC1CC1. The van der Waals surface area contributed by atoms with Gasteiger partial charge in [0.15, 0.2) is 11.6 Å². The van der Waals surface area contributed by atoms with Crippen molar-refractivity contribution in [2.45, 2.75) is 38.9 Å². The minimum absolute atomic E-state index is 0.149. The molecule has 1 aromatic rings. The summed E-state index contributed by atoms with van der Waals surface area (Å²) in [5.74, 6) is 2.30. The van der Waals surface area contributed by atoms with Crippen LogP contribution in [0, 0.1) is 0 Å². The van der Waals surface area contributed by atoms with E-state index in [0.717, 1.165) is 30.2 Å². The van der Waals surface area contributed by atoms with E-state index >= 15 is 0 Å². The van der Waals surface area contributed by atoms with Gasteiger partial charge in [-0.05, 0) is 26.7 Å². The normalized spacial score (nSPS) is 15.0. The number of nitrogens with zero attached hydrogens (tertiary/aromatic N) is 1. The molecule has 0 amide bonds. The number of rotatable bonds is 5. The molecule has 0 aliphatic heterocycles. The fourth-order valence-electron chi connectivity index (χ4n) is 1.41. The highest BCUT2D eigenvalue weighted by molar-refractivity contribution is 5.52. The molecular weight excluding hydrogens is 204 g/mol. The summed E-state index contributed by atoms with van der Waals surface area (Å²) in [6, 6.07) is 1.90. The molecule has 1 heterocycles. The second kappa shape index (κ2) is 4.60. The maximum Gasteiger partial charge on any atom is 0.168 e. The molecule has 0 atom stereocenters. The van der Waals surface area contributed by atoms with Crippen molar-refractivity contribution in [3.8, 4) is 11.5 Å². The van der Waals surface area contributed by atoms with Crippen molar-refractivity contribution in [1.82, 2.24) is 4.98 Å². The van der Waals surface area contributed by atoms with E-state index in [2.05, 4.69) is 10.3 Å². The van der Waals surface area contributed by atoms with E-state index in [0.29, 0.717) is 6.10 Å². The summed E-state index contributed by atoms with van der Waals surface area (Å²) in [5.41, 5.74) is 0. The van der Waals surface area contributed by atoms with Crippen LogP contribution in [0.5, 0.6) is 11.5 Å². The Labute approximate surface area is 96.0 Å². The lowest BCUT2D eigenvalue weighted by Crippen LogP contribution is -2.07. The lowest BCUT2D eigenvalue weighted by atomic mass is 10.4. The number of nitrogens with one attached hydrogen (secondary N) is 1. The molecule has 4 nitrogen and oxygen atoms in total. The molecule has 0 spiro atoms. The fourth-order valence-corrected chi connectivity index (χ4v) is 1.41. The average molecular weight is 222 g/mol. The molecule has 88 valence electrons. The van der Waals surface area contributed by atoms with Gasteiger partial charge in [-0.2, -0.15) is 0 Å². The van der Waals surface area contributed by atoms with E-state index in [1.54, 1.807) is 6.20 Å². The summed E-state index contributed by atoms with van der Waals surface area (Å²) < 4.78 is 11.4. The van der Waals surface area contributed by atoms with Crippen LogP contribution in [0.2, 0.25) is 0 Å². The summed E-state index contributed by atoms with van der Waals surface area (Å²) in [6.07, 6.45) is 4.50. The standard InChI is InChI=1S/C12H18N2O2/c1-8(2)15-10-6-11(16-9-4-5-9)12(13-3)14-7-10/h6-9H,4-5H2,1-3H3,(H,13,14). The summed E-state index contributed by atoms with van der Waals surface area (Å²) in [5, 5.41) is 3.02. The largest absolute Gasteiger partial charge is 0.489 e. The van der Waals surface area contributed by atoms with Crippen LogP contribution in [0.25, 0.3) is 0 Å². The molecule has 0 unspecified atom stereocenters. The first-order valence-corrected chi connectivity index (χ1v) is 5.70. The van der Waals surface area contributed by atoms with Gasteiger partial charge in [-0.3, -0.25) is 0 Å². The number of hydrogen-bond donors (Lipinski definition) is 1. The third-order valence-corrected chi connectivity index (χ3v) is 2.25. The molecule has 0 aromatic carbocycles. The van der Waals surface area contributed by atoms with Gasteiger partial charge in [-0.25, -0.2) is 4.98 Å². The van der Waals surface area contributed by atoms with Crippen LogP contribution < -0.4 is 14.8 Å². The molecule has 1 aliphatic carbocycles. The first kappa shape index (κ1) is 11.0. The number of anilines is 1. The minimum Gasteiger partial charge on any atom is -0.489 e. The Morgan fingerprint density at radius 1 is 1.44 bits per heavy atom. The first-order valence-electron chi connectivity index (χ1n) is 5.70. The number of ether oxygens (including phenoxy) is 2. The van der Waals surface area contributed by atoms with Gasteiger partial charge in [-0.1, -0.05) is 0 Å². The molecule has 0 saturated heterocycles. The van der Waals surface area contributed by atoms with Crippen LogP contribution in [0.3, 0.4) is 0 Å². The molecule has 1 saturated carbocycles. The van der Waals surface area contributed by atoms with Crippen LogP contribution in [0.1, 0.15) is 26.7 Å². The van der Waals surface area contributed by atoms with Crippen molar-refractivity contribution in [1.29, 1.82) is 0 Å². The van der Waals surface area contributed by atoms with Gasteiger partial charge in [0, 0.05) is 13.1 Å². The van der Waals surface area contributed by atoms with Gasteiger partial charge in [-0.15, -0.1) is 0 Å². The van der Waals surface area contributed by atoms with Crippen molar-refractivity contribution >= 4 is 5.82 Å². The summed E-state index contributed by atoms with van der Waals surface area (Å²) in [4.78, 5) is 4.27. The smallest absolute Gasteiger partial charge is 0.168 e. The van der Waals surface area contributed by atoms with Crippen molar-refractivity contribution in [2.24, 2.45) is 0 Å². The molecule has 0 radical (unpaired) electrons. The summed E-state index contributed by atoms with van der Waals surface area (Å²) in [7, 11) is 1.84. The van der Waals surface area contributed by atoms with Crippen LogP contribution in [-0.2, 0) is 0 Å². The Balaban J connectivity index is 2.15. The van der Waals surface area contributed by atoms with Gasteiger partial charge < -0.3 is 14.8 Å². The molecule has 1 fully saturated rings. The number of aromatic nitrogens is 1. The quantitative estimate of drug-likeness (QED) is 0.831. The molecule has 2 rings (SSSR count). The maximum atomic E-state index is 5.76. The molecule has 16 heavy (non-hydrogen) atoms. The van der Waals surface area contributed by atoms with Crippen molar-refractivity contribution in [3.63, 3.8) is 0 Å². The maximum absolute atomic E-state index is 5.76. The third kappa shape index (κ3) is 2.78. The van der Waals surface area contributed by atoms with E-state index in [9.17, 15) is 0 Å². The molecule has 4 heteroatoms. The predicted octanol–water partition coefficient (Wildman–Crippen LogP) is 2.45. The van der Waals surface area contributed by atoms with Crippen LogP contribution in [0.15, 0.2) is 12.3 Å². The summed E-state index contributed by atoms with van der Waals surface area (Å²) >= 11 is 0. The van der Waals surface area contributed by atoms with Gasteiger partial charge >= 0.3 is 0 Å². The Morgan fingerprint density at radius 3 is 2.75 bits per heavy atom.